The van der Waals surface area contributed by atoms with Crippen molar-refractivity contribution in [2.45, 2.75) is 25.4 Å². The molecule has 110 valence electrons. The molecule has 0 aromatic heterocycles. The monoisotopic (exact) mass is 275 g/mol. The maximum absolute atomic E-state index is 5.95. The highest BCUT2D eigenvalue weighted by atomic mass is 16.5. The Hall–Kier alpha value is -1.10. The highest BCUT2D eigenvalue weighted by Crippen LogP contribution is 2.18. The van der Waals surface area contributed by atoms with Crippen molar-refractivity contribution in [2.24, 2.45) is 5.73 Å². The smallest absolute Gasteiger partial charge is 0.0642 e. The van der Waals surface area contributed by atoms with Crippen LogP contribution in [0.25, 0.3) is 0 Å². The maximum Gasteiger partial charge on any atom is 0.0642 e. The minimum absolute atomic E-state index is 0.412. The van der Waals surface area contributed by atoms with E-state index in [1.165, 1.54) is 11.3 Å². The van der Waals surface area contributed by atoms with Gasteiger partial charge >= 0.3 is 0 Å². The van der Waals surface area contributed by atoms with E-state index < -0.39 is 0 Å². The van der Waals surface area contributed by atoms with Crippen LogP contribution in [-0.4, -0.2) is 50.3 Å². The van der Waals surface area contributed by atoms with Crippen LogP contribution in [0.2, 0.25) is 0 Å². The van der Waals surface area contributed by atoms with Crippen molar-refractivity contribution in [2.75, 3.05) is 44.3 Å². The number of morpholine rings is 1. The Bertz CT molecular complexity index is 406. The summed E-state index contributed by atoms with van der Waals surface area (Å²) in [4.78, 5) is 4.90. The second-order valence-electron chi connectivity index (χ2n) is 5.88. The Morgan fingerprint density at radius 1 is 1.00 bits per heavy atom. The zero-order chi connectivity index (χ0) is 13.8. The van der Waals surface area contributed by atoms with Gasteiger partial charge in [-0.05, 0) is 43.6 Å². The van der Waals surface area contributed by atoms with Gasteiger partial charge in [-0.15, -0.1) is 0 Å². The third kappa shape index (κ3) is 3.51. The molecular formula is C16H25N3O. The zero-order valence-electron chi connectivity index (χ0n) is 12.1. The fourth-order valence-electron chi connectivity index (χ4n) is 3.00. The molecule has 4 nitrogen and oxygen atoms in total. The van der Waals surface area contributed by atoms with Crippen LogP contribution < -0.4 is 10.6 Å². The van der Waals surface area contributed by atoms with Crippen molar-refractivity contribution in [3.8, 4) is 0 Å². The molecule has 0 unspecified atom stereocenters. The Labute approximate surface area is 121 Å². The predicted molar refractivity (Wildman–Crippen MR) is 82.0 cm³/mol. The summed E-state index contributed by atoms with van der Waals surface area (Å²) in [5.41, 5.74) is 8.67. The first-order valence-corrected chi connectivity index (χ1v) is 7.71. The zero-order valence-corrected chi connectivity index (χ0v) is 12.1. The lowest BCUT2D eigenvalue weighted by atomic mass is 10.1. The first-order chi connectivity index (χ1) is 9.81. The van der Waals surface area contributed by atoms with E-state index in [9.17, 15) is 0 Å². The molecule has 2 heterocycles. The van der Waals surface area contributed by atoms with E-state index in [0.717, 1.165) is 58.8 Å². The highest BCUT2D eigenvalue weighted by molar-refractivity contribution is 5.47. The van der Waals surface area contributed by atoms with Gasteiger partial charge in [-0.25, -0.2) is 0 Å². The van der Waals surface area contributed by atoms with Crippen LogP contribution in [0.5, 0.6) is 0 Å². The normalized spacial score (nSPS) is 22.1. The van der Waals surface area contributed by atoms with Crippen molar-refractivity contribution >= 4 is 5.69 Å². The minimum Gasteiger partial charge on any atom is -0.378 e. The molecule has 2 saturated heterocycles. The summed E-state index contributed by atoms with van der Waals surface area (Å²) in [6.07, 6.45) is 2.26. The Morgan fingerprint density at radius 2 is 1.65 bits per heavy atom. The van der Waals surface area contributed by atoms with Crippen LogP contribution in [-0.2, 0) is 11.3 Å². The molecule has 0 atom stereocenters. The molecule has 0 radical (unpaired) electrons. The van der Waals surface area contributed by atoms with Crippen LogP contribution in [0.15, 0.2) is 24.3 Å². The molecule has 0 saturated carbocycles. The number of rotatable bonds is 3. The van der Waals surface area contributed by atoms with E-state index in [1.807, 2.05) is 0 Å². The number of piperidine rings is 1. The van der Waals surface area contributed by atoms with Gasteiger partial charge in [0, 0.05) is 31.4 Å². The highest BCUT2D eigenvalue weighted by Gasteiger charge is 2.16. The molecule has 2 N–H and O–H groups in total. The van der Waals surface area contributed by atoms with Crippen LogP contribution in [0.3, 0.4) is 0 Å². The van der Waals surface area contributed by atoms with Crippen molar-refractivity contribution < 1.29 is 4.74 Å². The van der Waals surface area contributed by atoms with E-state index in [-0.39, 0.29) is 0 Å². The quantitative estimate of drug-likeness (QED) is 0.906. The van der Waals surface area contributed by atoms with E-state index in [2.05, 4.69) is 34.1 Å². The maximum atomic E-state index is 5.95. The number of hydrogen-bond acceptors (Lipinski definition) is 4. The summed E-state index contributed by atoms with van der Waals surface area (Å²) in [5.74, 6) is 0. The van der Waals surface area contributed by atoms with Crippen molar-refractivity contribution in [1.82, 2.24) is 4.90 Å². The topological polar surface area (TPSA) is 41.7 Å². The lowest BCUT2D eigenvalue weighted by Crippen LogP contribution is -2.39. The summed E-state index contributed by atoms with van der Waals surface area (Å²) in [5, 5.41) is 0. The molecule has 1 aromatic carbocycles. The van der Waals surface area contributed by atoms with Crippen LogP contribution in [0.1, 0.15) is 18.4 Å². The molecule has 0 aliphatic carbocycles. The van der Waals surface area contributed by atoms with Gasteiger partial charge in [0.15, 0.2) is 0 Å². The summed E-state index contributed by atoms with van der Waals surface area (Å²) >= 11 is 0. The number of anilines is 1. The number of hydrogen-bond donors (Lipinski definition) is 1. The third-order valence-electron chi connectivity index (χ3n) is 4.35. The second kappa shape index (κ2) is 6.57. The van der Waals surface area contributed by atoms with Gasteiger partial charge in [-0.1, -0.05) is 12.1 Å². The number of ether oxygens (including phenoxy) is 1. The fraction of sp³-hybridized carbons (Fsp3) is 0.625. The summed E-state index contributed by atoms with van der Waals surface area (Å²) in [7, 11) is 0. The molecule has 1 aromatic rings. The largest absolute Gasteiger partial charge is 0.378 e. The van der Waals surface area contributed by atoms with Gasteiger partial charge in [0.1, 0.15) is 0 Å². The summed E-state index contributed by atoms with van der Waals surface area (Å²) in [6, 6.07) is 9.43. The number of nitrogens with zero attached hydrogens (tertiary/aromatic N) is 2. The minimum atomic E-state index is 0.412. The molecule has 20 heavy (non-hydrogen) atoms. The Morgan fingerprint density at radius 3 is 2.30 bits per heavy atom. The fourth-order valence-corrected chi connectivity index (χ4v) is 3.00. The first kappa shape index (κ1) is 13.9. The van der Waals surface area contributed by atoms with E-state index >= 15 is 0 Å². The predicted octanol–water partition coefficient (Wildman–Crippen LogP) is 1.45. The van der Waals surface area contributed by atoms with E-state index in [4.69, 9.17) is 10.5 Å². The second-order valence-corrected chi connectivity index (χ2v) is 5.88. The number of nitrogens with two attached hydrogens (primary N) is 1. The molecule has 2 aliphatic heterocycles. The molecule has 0 spiro atoms. The summed E-state index contributed by atoms with van der Waals surface area (Å²) in [6.45, 7) is 7.01. The molecule has 4 heteroatoms. The van der Waals surface area contributed by atoms with Gasteiger partial charge in [0.05, 0.1) is 13.2 Å². The average molecular weight is 275 g/mol. The van der Waals surface area contributed by atoms with Crippen molar-refractivity contribution in [3.05, 3.63) is 29.8 Å². The lowest BCUT2D eigenvalue weighted by Gasteiger charge is -2.31. The number of benzene rings is 1. The van der Waals surface area contributed by atoms with Crippen molar-refractivity contribution in [1.29, 1.82) is 0 Å². The van der Waals surface area contributed by atoms with Crippen LogP contribution >= 0.6 is 0 Å². The van der Waals surface area contributed by atoms with Crippen LogP contribution in [0.4, 0.5) is 5.69 Å². The Kier molecular flexibility index (Phi) is 4.55. The third-order valence-corrected chi connectivity index (χ3v) is 4.35. The van der Waals surface area contributed by atoms with Gasteiger partial charge < -0.3 is 15.4 Å². The van der Waals surface area contributed by atoms with Gasteiger partial charge in [0.25, 0.3) is 0 Å². The molecular weight excluding hydrogens is 250 g/mol. The molecule has 0 bridgehead atoms. The molecule has 2 aliphatic rings. The van der Waals surface area contributed by atoms with E-state index in [0.29, 0.717) is 6.04 Å². The molecule has 3 rings (SSSR count). The standard InChI is InChI=1S/C16H25N3O/c17-15-5-7-18(8-6-15)13-14-1-3-16(4-2-14)19-9-11-20-12-10-19/h1-4,15H,5-13,17H2. The van der Waals surface area contributed by atoms with Gasteiger partial charge in [0.2, 0.25) is 0 Å². The van der Waals surface area contributed by atoms with Gasteiger partial charge in [-0.3, -0.25) is 4.90 Å². The summed E-state index contributed by atoms with van der Waals surface area (Å²) < 4.78 is 5.40. The average Bonchev–Trinajstić information content (AvgIpc) is 2.51. The molecule has 0 amide bonds. The lowest BCUT2D eigenvalue weighted by molar-refractivity contribution is 0.122. The van der Waals surface area contributed by atoms with Crippen molar-refractivity contribution in [3.63, 3.8) is 0 Å². The Balaban J connectivity index is 1.55. The SMILES string of the molecule is NC1CCN(Cc2ccc(N3CCOCC3)cc2)CC1. The van der Waals surface area contributed by atoms with Crippen LogP contribution in [0, 0.1) is 0 Å². The number of likely N-dealkylation sites (tertiary alicyclic amines) is 1. The van der Waals surface area contributed by atoms with E-state index in [1.54, 1.807) is 0 Å². The van der Waals surface area contributed by atoms with Gasteiger partial charge in [-0.2, -0.15) is 0 Å². The molecule has 2 fully saturated rings. The first-order valence-electron chi connectivity index (χ1n) is 7.71.